The Bertz CT molecular complexity index is 462. The minimum absolute atomic E-state index is 0.0167. The van der Waals surface area contributed by atoms with Crippen LogP contribution < -0.4 is 34.0 Å². The van der Waals surface area contributed by atoms with E-state index in [4.69, 9.17) is 47.6 Å². The zero-order chi connectivity index (χ0) is 14.8. The maximum atomic E-state index is 5.29. The third kappa shape index (κ3) is 8.67. The Kier molecular flexibility index (Phi) is 8.03. The molecule has 0 unspecified atom stereocenters. The normalized spacial score (nSPS) is 13.5. The van der Waals surface area contributed by atoms with Crippen molar-refractivity contribution in [3.8, 4) is 0 Å². The summed E-state index contributed by atoms with van der Waals surface area (Å²) in [5, 5.41) is -0.0421. The van der Waals surface area contributed by atoms with Crippen molar-refractivity contribution in [2.45, 2.75) is 6.92 Å². The van der Waals surface area contributed by atoms with Crippen LogP contribution in [0.1, 0.15) is 6.92 Å². The predicted octanol–water partition coefficient (Wildman–Crippen LogP) is -2.36. The van der Waals surface area contributed by atoms with Crippen molar-refractivity contribution in [3.05, 3.63) is 0 Å². The highest BCUT2D eigenvalue weighted by Crippen LogP contribution is 1.87. The van der Waals surface area contributed by atoms with E-state index in [0.29, 0.717) is 5.71 Å². The second-order valence-electron chi connectivity index (χ2n) is 2.86. The molecular formula is C7H14N10S2. The number of aliphatic imine (C=N–C) groups is 4. The molecule has 0 saturated carbocycles. The summed E-state index contributed by atoms with van der Waals surface area (Å²) < 4.78 is 0. The van der Waals surface area contributed by atoms with E-state index in [1.165, 1.54) is 6.21 Å². The van der Waals surface area contributed by atoms with Crippen LogP contribution in [0.3, 0.4) is 0 Å². The first kappa shape index (κ1) is 17.0. The molecule has 0 spiro atoms. The molecule has 0 radical (unpaired) electrons. The molecule has 12 heteroatoms. The van der Waals surface area contributed by atoms with Crippen LogP contribution in [0.5, 0.6) is 0 Å². The van der Waals surface area contributed by atoms with Gasteiger partial charge in [-0.2, -0.15) is 9.98 Å². The van der Waals surface area contributed by atoms with E-state index in [1.54, 1.807) is 6.92 Å². The quantitative estimate of drug-likeness (QED) is 0.102. The minimum atomic E-state index is -0.0568. The van der Waals surface area contributed by atoms with Gasteiger partial charge in [0.15, 0.2) is 0 Å². The predicted molar refractivity (Wildman–Crippen MR) is 84.7 cm³/mol. The van der Waals surface area contributed by atoms with Gasteiger partial charge in [0.25, 0.3) is 0 Å². The first-order valence-corrected chi connectivity index (χ1v) is 5.49. The van der Waals surface area contributed by atoms with Crippen LogP contribution in [0.4, 0.5) is 0 Å². The van der Waals surface area contributed by atoms with Crippen LogP contribution in [0.2, 0.25) is 0 Å². The number of guanidine groups is 2. The molecule has 0 fully saturated rings. The van der Waals surface area contributed by atoms with Crippen molar-refractivity contribution in [1.82, 2.24) is 10.9 Å². The van der Waals surface area contributed by atoms with Gasteiger partial charge < -0.3 is 11.5 Å². The summed E-state index contributed by atoms with van der Waals surface area (Å²) in [4.78, 5) is 15.0. The molecule has 0 saturated heterocycles. The molecule has 19 heavy (non-hydrogen) atoms. The van der Waals surface area contributed by atoms with Crippen molar-refractivity contribution in [3.63, 3.8) is 0 Å². The van der Waals surface area contributed by atoms with Gasteiger partial charge in [0.1, 0.15) is 0 Å². The molecule has 104 valence electrons. The third-order valence-corrected chi connectivity index (χ3v) is 1.74. The van der Waals surface area contributed by atoms with Gasteiger partial charge in [-0.1, -0.05) is 0 Å². The highest BCUT2D eigenvalue weighted by atomic mass is 32.1. The van der Waals surface area contributed by atoms with Crippen LogP contribution in [0.25, 0.3) is 0 Å². The molecule has 10 N–H and O–H groups in total. The number of hydrogen-bond acceptors (Lipinski definition) is 4. The van der Waals surface area contributed by atoms with Gasteiger partial charge >= 0.3 is 0 Å². The van der Waals surface area contributed by atoms with Gasteiger partial charge in [-0.3, -0.25) is 10.9 Å². The number of thiocarbonyl (C=S) groups is 2. The van der Waals surface area contributed by atoms with E-state index in [9.17, 15) is 0 Å². The van der Waals surface area contributed by atoms with E-state index >= 15 is 0 Å². The summed E-state index contributed by atoms with van der Waals surface area (Å²) in [6.45, 7) is 1.63. The van der Waals surface area contributed by atoms with Gasteiger partial charge in [-0.05, 0) is 31.4 Å². The highest BCUT2D eigenvalue weighted by molar-refractivity contribution is 7.80. The summed E-state index contributed by atoms with van der Waals surface area (Å²) in [7, 11) is 0. The standard InChI is InChI=1S/C7H14N10S2/c1-3(13-7(19)15-5(9)17-11)2-12-6(18)14-4(8)16-10/h2H,10-11H2,1H3,(H3,8,14,16,18)(H3,9,15,17,19)/b12-2?,13-3-. The van der Waals surface area contributed by atoms with Crippen molar-refractivity contribution in [2.75, 3.05) is 0 Å². The SMILES string of the molecule is C/C(C=NC(=S)/N=C(/N)NN)=N/C(=S)/N=C(/N)NN. The van der Waals surface area contributed by atoms with Gasteiger partial charge in [0.2, 0.25) is 22.1 Å². The third-order valence-electron chi connectivity index (χ3n) is 1.36. The Morgan fingerprint density at radius 2 is 1.42 bits per heavy atom. The molecule has 10 nitrogen and oxygen atoms in total. The summed E-state index contributed by atoms with van der Waals surface area (Å²) in [5.74, 6) is 9.90. The van der Waals surface area contributed by atoms with Gasteiger partial charge in [-0.15, -0.1) is 0 Å². The number of hydrogen-bond donors (Lipinski definition) is 6. The molecule has 0 amide bonds. The number of nitrogens with one attached hydrogen (secondary N) is 2. The zero-order valence-electron chi connectivity index (χ0n) is 9.99. The molecule has 0 aromatic carbocycles. The Labute approximate surface area is 120 Å². The first-order chi connectivity index (χ1) is 8.88. The molecule has 0 aromatic heterocycles. The van der Waals surface area contributed by atoms with Crippen molar-refractivity contribution >= 4 is 58.5 Å². The van der Waals surface area contributed by atoms with Crippen LogP contribution >= 0.6 is 24.4 Å². The fraction of sp³-hybridized carbons (Fsp3) is 0.143. The second kappa shape index (κ2) is 8.98. The van der Waals surface area contributed by atoms with E-state index in [2.05, 4.69) is 30.8 Å². The van der Waals surface area contributed by atoms with Gasteiger partial charge in [-0.25, -0.2) is 21.7 Å². The first-order valence-electron chi connectivity index (χ1n) is 4.68. The Morgan fingerprint density at radius 1 is 0.947 bits per heavy atom. The molecule has 0 aromatic rings. The number of rotatable bonds is 1. The van der Waals surface area contributed by atoms with E-state index in [0.717, 1.165) is 0 Å². The van der Waals surface area contributed by atoms with E-state index in [1.807, 2.05) is 0 Å². The lowest BCUT2D eigenvalue weighted by molar-refractivity contribution is 1.01. The number of nitrogens with two attached hydrogens (primary N) is 4. The molecule has 0 heterocycles. The summed E-state index contributed by atoms with van der Waals surface area (Å²) in [6.07, 6.45) is 1.34. The average Bonchev–Trinajstić information content (AvgIpc) is 2.35. The molecule has 0 atom stereocenters. The van der Waals surface area contributed by atoms with Crippen LogP contribution in [0.15, 0.2) is 20.0 Å². The number of nitrogens with zero attached hydrogens (tertiary/aromatic N) is 4. The summed E-state index contributed by atoms with van der Waals surface area (Å²) >= 11 is 9.62. The van der Waals surface area contributed by atoms with Crippen LogP contribution in [0, 0.1) is 0 Å². The maximum Gasteiger partial charge on any atom is 0.222 e. The topological polar surface area (TPSA) is 178 Å². The molecule has 0 aliphatic heterocycles. The summed E-state index contributed by atoms with van der Waals surface area (Å²) in [6, 6.07) is 0. The zero-order valence-corrected chi connectivity index (χ0v) is 11.6. The molecule has 0 aliphatic carbocycles. The largest absolute Gasteiger partial charge is 0.369 e. The van der Waals surface area contributed by atoms with Gasteiger partial charge in [0.05, 0.1) is 11.9 Å². The fourth-order valence-electron chi connectivity index (χ4n) is 0.653. The highest BCUT2D eigenvalue weighted by Gasteiger charge is 1.95. The molecule has 0 bridgehead atoms. The molecule has 0 aliphatic rings. The second-order valence-corrected chi connectivity index (χ2v) is 3.59. The lowest BCUT2D eigenvalue weighted by Crippen LogP contribution is -2.37. The van der Waals surface area contributed by atoms with Crippen molar-refractivity contribution < 1.29 is 0 Å². The Hall–Kier alpha value is -2.02. The van der Waals surface area contributed by atoms with Crippen LogP contribution in [-0.4, -0.2) is 34.1 Å². The fourth-order valence-corrected chi connectivity index (χ4v) is 1.05. The smallest absolute Gasteiger partial charge is 0.222 e. The average molecular weight is 302 g/mol. The molecule has 0 rings (SSSR count). The monoisotopic (exact) mass is 302 g/mol. The summed E-state index contributed by atoms with van der Waals surface area (Å²) in [5.41, 5.74) is 15.2. The Morgan fingerprint density at radius 3 is 1.89 bits per heavy atom. The van der Waals surface area contributed by atoms with Crippen molar-refractivity contribution in [1.29, 1.82) is 0 Å². The van der Waals surface area contributed by atoms with Crippen molar-refractivity contribution in [2.24, 2.45) is 43.1 Å². The maximum absolute atomic E-state index is 5.29. The van der Waals surface area contributed by atoms with Gasteiger partial charge in [0, 0.05) is 0 Å². The molecular weight excluding hydrogens is 288 g/mol. The van der Waals surface area contributed by atoms with Crippen LogP contribution in [-0.2, 0) is 0 Å². The number of hydrazine groups is 2. The van der Waals surface area contributed by atoms with E-state index < -0.39 is 0 Å². The lowest BCUT2D eigenvalue weighted by Gasteiger charge is -1.97. The minimum Gasteiger partial charge on any atom is -0.369 e. The van der Waals surface area contributed by atoms with E-state index in [-0.39, 0.29) is 22.1 Å². The Balaban J connectivity index is 4.65. The lowest BCUT2D eigenvalue weighted by atomic mass is 10.5.